The van der Waals surface area contributed by atoms with E-state index >= 15 is 0 Å². The van der Waals surface area contributed by atoms with Crippen LogP contribution in [0.15, 0.2) is 66.7 Å². The molecule has 0 unspecified atom stereocenters. The van der Waals surface area contributed by atoms with Crippen molar-refractivity contribution in [2.24, 2.45) is 0 Å². The molecular formula is C18H11. The van der Waals surface area contributed by atoms with Gasteiger partial charge in [0.1, 0.15) is 0 Å². The highest BCUT2D eigenvalue weighted by Gasteiger charge is 2.02. The summed E-state index contributed by atoms with van der Waals surface area (Å²) in [4.78, 5) is 0. The van der Waals surface area contributed by atoms with Gasteiger partial charge in [-0.15, -0.1) is 0 Å². The molecule has 4 aromatic rings. The maximum absolute atomic E-state index is 3.39. The zero-order valence-corrected chi connectivity index (χ0v) is 9.85. The van der Waals surface area contributed by atoms with Gasteiger partial charge in [0.15, 0.2) is 0 Å². The SMILES string of the molecule is [c]1cc2ccccc2c2cc3ccccc3cc12. The molecule has 0 fully saturated rings. The summed E-state index contributed by atoms with van der Waals surface area (Å²) in [5.74, 6) is 0. The molecule has 0 saturated carbocycles. The van der Waals surface area contributed by atoms with E-state index in [-0.39, 0.29) is 0 Å². The molecule has 0 aliphatic rings. The highest BCUT2D eigenvalue weighted by Crippen LogP contribution is 2.28. The standard InChI is InChI=1S/C18H11/c1-2-7-15-12-18-16(11-14(15)6-1)10-9-13-5-3-4-8-17(13)18/h1-9,11-12H. The lowest BCUT2D eigenvalue weighted by molar-refractivity contribution is 1.77. The van der Waals surface area contributed by atoms with Crippen LogP contribution in [-0.2, 0) is 0 Å². The van der Waals surface area contributed by atoms with Gasteiger partial charge in [0.25, 0.3) is 0 Å². The molecule has 0 bridgehead atoms. The van der Waals surface area contributed by atoms with E-state index in [1.807, 2.05) is 0 Å². The van der Waals surface area contributed by atoms with Crippen molar-refractivity contribution >= 4 is 32.3 Å². The van der Waals surface area contributed by atoms with Crippen LogP contribution in [0.4, 0.5) is 0 Å². The lowest BCUT2D eigenvalue weighted by atomic mass is 9.98. The van der Waals surface area contributed by atoms with Crippen molar-refractivity contribution in [3.63, 3.8) is 0 Å². The Morgan fingerprint density at radius 2 is 1.28 bits per heavy atom. The summed E-state index contributed by atoms with van der Waals surface area (Å²) < 4.78 is 0. The summed E-state index contributed by atoms with van der Waals surface area (Å²) in [5.41, 5.74) is 0. The van der Waals surface area contributed by atoms with Crippen molar-refractivity contribution in [3.05, 3.63) is 72.8 Å². The van der Waals surface area contributed by atoms with Crippen molar-refractivity contribution < 1.29 is 0 Å². The molecule has 83 valence electrons. The van der Waals surface area contributed by atoms with Gasteiger partial charge in [0, 0.05) is 0 Å². The minimum Gasteiger partial charge on any atom is -0.0616 e. The van der Waals surface area contributed by atoms with E-state index in [1.54, 1.807) is 0 Å². The topological polar surface area (TPSA) is 0 Å². The predicted octanol–water partition coefficient (Wildman–Crippen LogP) is 4.95. The first-order chi connectivity index (χ1) is 8.92. The normalized spacial score (nSPS) is 11.3. The Labute approximate surface area is 105 Å². The Bertz CT molecular complexity index is 866. The molecule has 4 rings (SSSR count). The maximum Gasteiger partial charge on any atom is -0.00923 e. The van der Waals surface area contributed by atoms with Crippen LogP contribution in [0.1, 0.15) is 0 Å². The zero-order chi connectivity index (χ0) is 11.9. The molecule has 4 aromatic carbocycles. The minimum atomic E-state index is 1.19. The van der Waals surface area contributed by atoms with Gasteiger partial charge in [-0.3, -0.25) is 0 Å². The van der Waals surface area contributed by atoms with E-state index in [0.717, 1.165) is 0 Å². The van der Waals surface area contributed by atoms with Gasteiger partial charge in [-0.2, -0.15) is 0 Å². The summed E-state index contributed by atoms with van der Waals surface area (Å²) >= 11 is 0. The molecule has 0 heteroatoms. The van der Waals surface area contributed by atoms with E-state index in [4.69, 9.17) is 0 Å². The summed E-state index contributed by atoms with van der Waals surface area (Å²) in [5, 5.41) is 7.59. The quantitative estimate of drug-likeness (QED) is 0.294. The molecule has 0 spiro atoms. The van der Waals surface area contributed by atoms with Crippen LogP contribution in [0, 0.1) is 6.07 Å². The van der Waals surface area contributed by atoms with Gasteiger partial charge in [-0.25, -0.2) is 0 Å². The monoisotopic (exact) mass is 227 g/mol. The molecule has 0 aliphatic carbocycles. The second-order valence-electron chi connectivity index (χ2n) is 4.62. The van der Waals surface area contributed by atoms with Crippen LogP contribution in [-0.4, -0.2) is 0 Å². The molecular weight excluding hydrogens is 216 g/mol. The molecule has 0 saturated heterocycles. The van der Waals surface area contributed by atoms with E-state index in [9.17, 15) is 0 Å². The average Bonchev–Trinajstić information content (AvgIpc) is 2.45. The number of rotatable bonds is 0. The largest absolute Gasteiger partial charge is 0.0616 e. The Balaban J connectivity index is 2.27. The number of fused-ring (bicyclic) bond motifs is 4. The third-order valence-corrected chi connectivity index (χ3v) is 3.52. The Kier molecular flexibility index (Phi) is 1.92. The fourth-order valence-electron chi connectivity index (χ4n) is 2.61. The Hall–Kier alpha value is -2.34. The van der Waals surface area contributed by atoms with Crippen molar-refractivity contribution in [3.8, 4) is 0 Å². The van der Waals surface area contributed by atoms with Crippen LogP contribution < -0.4 is 0 Å². The highest BCUT2D eigenvalue weighted by atomic mass is 14.1. The summed E-state index contributed by atoms with van der Waals surface area (Å²) in [6, 6.07) is 26.9. The molecule has 0 atom stereocenters. The molecule has 0 aliphatic heterocycles. The molecule has 18 heavy (non-hydrogen) atoms. The van der Waals surface area contributed by atoms with Crippen molar-refractivity contribution in [2.75, 3.05) is 0 Å². The second-order valence-corrected chi connectivity index (χ2v) is 4.62. The predicted molar refractivity (Wildman–Crippen MR) is 77.8 cm³/mol. The highest BCUT2D eigenvalue weighted by molar-refractivity contribution is 6.11. The molecule has 0 N–H and O–H groups in total. The zero-order valence-electron chi connectivity index (χ0n) is 9.85. The third kappa shape index (κ3) is 1.32. The number of hydrogen-bond acceptors (Lipinski definition) is 0. The van der Waals surface area contributed by atoms with Crippen LogP contribution >= 0.6 is 0 Å². The molecule has 0 nitrogen and oxygen atoms in total. The Morgan fingerprint density at radius 3 is 2.11 bits per heavy atom. The first-order valence-electron chi connectivity index (χ1n) is 6.14. The van der Waals surface area contributed by atoms with Crippen LogP contribution in [0.25, 0.3) is 32.3 Å². The van der Waals surface area contributed by atoms with Crippen LogP contribution in [0.2, 0.25) is 0 Å². The average molecular weight is 227 g/mol. The fourth-order valence-corrected chi connectivity index (χ4v) is 2.61. The Morgan fingerprint density at radius 1 is 0.611 bits per heavy atom. The van der Waals surface area contributed by atoms with Gasteiger partial charge < -0.3 is 0 Å². The maximum atomic E-state index is 3.39. The van der Waals surface area contributed by atoms with Crippen molar-refractivity contribution in [2.45, 2.75) is 0 Å². The number of benzene rings is 4. The minimum absolute atomic E-state index is 1.19. The van der Waals surface area contributed by atoms with E-state index < -0.39 is 0 Å². The van der Waals surface area contributed by atoms with E-state index in [1.165, 1.54) is 32.3 Å². The van der Waals surface area contributed by atoms with Crippen molar-refractivity contribution in [1.82, 2.24) is 0 Å². The van der Waals surface area contributed by atoms with Gasteiger partial charge in [-0.1, -0.05) is 48.5 Å². The molecule has 1 radical (unpaired) electrons. The summed E-state index contributed by atoms with van der Waals surface area (Å²) in [6.45, 7) is 0. The van der Waals surface area contributed by atoms with Gasteiger partial charge in [0.05, 0.1) is 0 Å². The molecule has 0 heterocycles. The van der Waals surface area contributed by atoms with Crippen LogP contribution in [0.3, 0.4) is 0 Å². The first-order valence-corrected chi connectivity index (χ1v) is 6.14. The lowest BCUT2D eigenvalue weighted by Crippen LogP contribution is -1.79. The van der Waals surface area contributed by atoms with Crippen molar-refractivity contribution in [1.29, 1.82) is 0 Å². The van der Waals surface area contributed by atoms with Crippen LogP contribution in [0.5, 0.6) is 0 Å². The van der Waals surface area contributed by atoms with Gasteiger partial charge in [0.2, 0.25) is 0 Å². The second kappa shape index (κ2) is 3.58. The third-order valence-electron chi connectivity index (χ3n) is 3.52. The first kappa shape index (κ1) is 9.67. The lowest BCUT2D eigenvalue weighted by Gasteiger charge is -2.05. The number of hydrogen-bond donors (Lipinski definition) is 0. The molecule has 0 aromatic heterocycles. The fraction of sp³-hybridized carbons (Fsp3) is 0. The van der Waals surface area contributed by atoms with Gasteiger partial charge >= 0.3 is 0 Å². The van der Waals surface area contributed by atoms with E-state index in [2.05, 4.69) is 72.8 Å². The summed E-state index contributed by atoms with van der Waals surface area (Å²) in [7, 11) is 0. The van der Waals surface area contributed by atoms with E-state index in [0.29, 0.717) is 0 Å². The van der Waals surface area contributed by atoms with Gasteiger partial charge in [-0.05, 0) is 56.6 Å². The molecule has 0 amide bonds. The smallest absolute Gasteiger partial charge is 0.00923 e. The summed E-state index contributed by atoms with van der Waals surface area (Å²) in [6.07, 6.45) is 0.